The van der Waals surface area contributed by atoms with Crippen LogP contribution in [0.15, 0.2) is 0 Å². The Hall–Kier alpha value is -1.57. The molecule has 2 amide bonds. The van der Waals surface area contributed by atoms with Crippen molar-refractivity contribution in [2.45, 2.75) is 51.4 Å². The summed E-state index contributed by atoms with van der Waals surface area (Å²) in [6.45, 7) is 0.851. The van der Waals surface area contributed by atoms with Gasteiger partial charge in [-0.15, -0.1) is 0 Å². The third kappa shape index (κ3) is 3.72. The van der Waals surface area contributed by atoms with Crippen LogP contribution in [0.4, 0.5) is 0 Å². The third-order valence-corrected chi connectivity index (χ3v) is 4.26. The van der Waals surface area contributed by atoms with E-state index in [4.69, 9.17) is 0 Å². The van der Waals surface area contributed by atoms with Gasteiger partial charge in [0.25, 0.3) is 0 Å². The predicted molar refractivity (Wildman–Crippen MR) is 74.5 cm³/mol. The summed E-state index contributed by atoms with van der Waals surface area (Å²) in [6.07, 6.45) is 7.38. The molecule has 0 unspecified atom stereocenters. The maximum absolute atomic E-state index is 12.2. The standard InChI is InChI=1S/C15H23N3O2/c16-11-15(7-3-1-2-4-8-15)14(20)18-10-9-17-13(19)12-5-6-12/h12H,1-10H2,(H,17,19)(H,18,20). The van der Waals surface area contributed by atoms with Crippen molar-refractivity contribution in [2.24, 2.45) is 11.3 Å². The van der Waals surface area contributed by atoms with Crippen LogP contribution in [0.1, 0.15) is 51.4 Å². The first-order valence-corrected chi connectivity index (χ1v) is 7.65. The van der Waals surface area contributed by atoms with E-state index in [1.165, 1.54) is 0 Å². The Morgan fingerprint density at radius 1 is 1.05 bits per heavy atom. The lowest BCUT2D eigenvalue weighted by Crippen LogP contribution is -2.43. The molecule has 0 saturated heterocycles. The van der Waals surface area contributed by atoms with E-state index in [-0.39, 0.29) is 17.7 Å². The topological polar surface area (TPSA) is 82.0 Å². The quantitative estimate of drug-likeness (QED) is 0.590. The number of rotatable bonds is 5. The van der Waals surface area contributed by atoms with Gasteiger partial charge < -0.3 is 10.6 Å². The van der Waals surface area contributed by atoms with Gasteiger partial charge in [0.05, 0.1) is 6.07 Å². The molecule has 20 heavy (non-hydrogen) atoms. The number of carbonyl (C=O) groups is 2. The fraction of sp³-hybridized carbons (Fsp3) is 0.800. The van der Waals surface area contributed by atoms with E-state index >= 15 is 0 Å². The highest BCUT2D eigenvalue weighted by Gasteiger charge is 2.38. The van der Waals surface area contributed by atoms with Crippen LogP contribution in [-0.4, -0.2) is 24.9 Å². The lowest BCUT2D eigenvalue weighted by molar-refractivity contribution is -0.129. The zero-order valence-electron chi connectivity index (χ0n) is 11.9. The molecule has 0 bridgehead atoms. The van der Waals surface area contributed by atoms with Gasteiger partial charge in [0.15, 0.2) is 0 Å². The van der Waals surface area contributed by atoms with Crippen molar-refractivity contribution < 1.29 is 9.59 Å². The fourth-order valence-electron chi connectivity index (χ4n) is 2.74. The van der Waals surface area contributed by atoms with Crippen LogP contribution in [0, 0.1) is 22.7 Å². The molecule has 5 heteroatoms. The second-order valence-electron chi connectivity index (χ2n) is 5.93. The van der Waals surface area contributed by atoms with E-state index in [1.54, 1.807) is 0 Å². The van der Waals surface area contributed by atoms with Crippen LogP contribution < -0.4 is 10.6 Å². The van der Waals surface area contributed by atoms with Crippen molar-refractivity contribution in [1.82, 2.24) is 10.6 Å². The molecule has 0 aromatic heterocycles. The maximum atomic E-state index is 12.2. The molecule has 0 atom stereocenters. The Morgan fingerprint density at radius 2 is 1.65 bits per heavy atom. The van der Waals surface area contributed by atoms with Crippen LogP contribution in [0.3, 0.4) is 0 Å². The Morgan fingerprint density at radius 3 is 2.20 bits per heavy atom. The summed E-state index contributed by atoms with van der Waals surface area (Å²) in [5, 5.41) is 15.0. The molecule has 0 aliphatic heterocycles. The maximum Gasteiger partial charge on any atom is 0.240 e. The summed E-state index contributed by atoms with van der Waals surface area (Å²) in [6, 6.07) is 2.24. The zero-order valence-corrected chi connectivity index (χ0v) is 11.9. The fourth-order valence-corrected chi connectivity index (χ4v) is 2.74. The van der Waals surface area contributed by atoms with Gasteiger partial charge in [-0.05, 0) is 25.7 Å². The van der Waals surface area contributed by atoms with Crippen molar-refractivity contribution in [1.29, 1.82) is 5.26 Å². The van der Waals surface area contributed by atoms with E-state index < -0.39 is 5.41 Å². The van der Waals surface area contributed by atoms with Gasteiger partial charge in [0, 0.05) is 19.0 Å². The molecule has 2 N–H and O–H groups in total. The molecule has 0 radical (unpaired) electrons. The van der Waals surface area contributed by atoms with E-state index in [0.717, 1.165) is 38.5 Å². The second kappa shape index (κ2) is 6.74. The van der Waals surface area contributed by atoms with E-state index in [9.17, 15) is 14.9 Å². The van der Waals surface area contributed by atoms with Gasteiger partial charge in [-0.2, -0.15) is 5.26 Å². The largest absolute Gasteiger partial charge is 0.354 e. The van der Waals surface area contributed by atoms with Crippen molar-refractivity contribution in [3.8, 4) is 6.07 Å². The Labute approximate surface area is 120 Å². The number of amides is 2. The Balaban J connectivity index is 1.74. The van der Waals surface area contributed by atoms with Crippen molar-refractivity contribution >= 4 is 11.8 Å². The van der Waals surface area contributed by atoms with Gasteiger partial charge in [0.1, 0.15) is 5.41 Å². The molecule has 2 aliphatic rings. The summed E-state index contributed by atoms with van der Waals surface area (Å²) >= 11 is 0. The van der Waals surface area contributed by atoms with Crippen LogP contribution in [0.2, 0.25) is 0 Å². The minimum absolute atomic E-state index is 0.0868. The molecule has 2 rings (SSSR count). The van der Waals surface area contributed by atoms with Gasteiger partial charge >= 0.3 is 0 Å². The van der Waals surface area contributed by atoms with Gasteiger partial charge in [-0.1, -0.05) is 25.7 Å². The highest BCUT2D eigenvalue weighted by Crippen LogP contribution is 2.34. The molecule has 0 spiro atoms. The van der Waals surface area contributed by atoms with Crippen LogP contribution in [0.25, 0.3) is 0 Å². The number of nitrogens with one attached hydrogen (secondary N) is 2. The first kappa shape index (κ1) is 14.8. The van der Waals surface area contributed by atoms with Crippen LogP contribution in [0.5, 0.6) is 0 Å². The first-order valence-electron chi connectivity index (χ1n) is 7.65. The van der Waals surface area contributed by atoms with E-state index in [2.05, 4.69) is 16.7 Å². The summed E-state index contributed by atoms with van der Waals surface area (Å²) in [7, 11) is 0. The molecule has 110 valence electrons. The third-order valence-electron chi connectivity index (χ3n) is 4.26. The molecule has 5 nitrogen and oxygen atoms in total. The minimum atomic E-state index is -0.850. The van der Waals surface area contributed by atoms with E-state index in [1.807, 2.05) is 0 Å². The number of nitrogens with zero attached hydrogens (tertiary/aromatic N) is 1. The van der Waals surface area contributed by atoms with Crippen molar-refractivity contribution in [3.63, 3.8) is 0 Å². The van der Waals surface area contributed by atoms with Crippen LogP contribution >= 0.6 is 0 Å². The lowest BCUT2D eigenvalue weighted by Gasteiger charge is -2.23. The molecule has 0 aromatic carbocycles. The predicted octanol–water partition coefficient (Wildman–Crippen LogP) is 1.49. The van der Waals surface area contributed by atoms with E-state index in [0.29, 0.717) is 25.9 Å². The Kier molecular flexibility index (Phi) is 4.99. The number of hydrogen-bond acceptors (Lipinski definition) is 3. The minimum Gasteiger partial charge on any atom is -0.354 e. The average molecular weight is 277 g/mol. The number of nitriles is 1. The number of hydrogen-bond donors (Lipinski definition) is 2. The average Bonchev–Trinajstić information content (AvgIpc) is 3.29. The van der Waals surface area contributed by atoms with Crippen LogP contribution in [-0.2, 0) is 9.59 Å². The molecular formula is C15H23N3O2. The lowest BCUT2D eigenvalue weighted by atomic mass is 9.81. The first-order chi connectivity index (χ1) is 9.68. The van der Waals surface area contributed by atoms with Gasteiger partial charge in [0.2, 0.25) is 11.8 Å². The highest BCUT2D eigenvalue weighted by atomic mass is 16.2. The van der Waals surface area contributed by atoms with Crippen molar-refractivity contribution in [2.75, 3.05) is 13.1 Å². The highest BCUT2D eigenvalue weighted by molar-refractivity contribution is 5.85. The molecule has 0 aromatic rings. The summed E-state index contributed by atoms with van der Waals surface area (Å²) in [5.41, 5.74) is -0.850. The monoisotopic (exact) mass is 277 g/mol. The second-order valence-corrected chi connectivity index (χ2v) is 5.93. The van der Waals surface area contributed by atoms with Gasteiger partial charge in [-0.3, -0.25) is 9.59 Å². The molecule has 0 heterocycles. The molecule has 2 saturated carbocycles. The SMILES string of the molecule is N#CC1(C(=O)NCCNC(=O)C2CC2)CCCCCC1. The molecular weight excluding hydrogens is 254 g/mol. The normalized spacial score (nSPS) is 21.4. The zero-order chi connectivity index (χ0) is 14.4. The Bertz CT molecular complexity index is 402. The van der Waals surface area contributed by atoms with Gasteiger partial charge in [-0.25, -0.2) is 0 Å². The number of carbonyl (C=O) groups excluding carboxylic acids is 2. The summed E-state index contributed by atoms with van der Waals surface area (Å²) < 4.78 is 0. The summed E-state index contributed by atoms with van der Waals surface area (Å²) in [4.78, 5) is 23.7. The summed E-state index contributed by atoms with van der Waals surface area (Å²) in [5.74, 6) is 0.115. The van der Waals surface area contributed by atoms with Crippen molar-refractivity contribution in [3.05, 3.63) is 0 Å². The molecule has 2 fully saturated rings. The smallest absolute Gasteiger partial charge is 0.240 e. The molecule has 2 aliphatic carbocycles.